The predicted octanol–water partition coefficient (Wildman–Crippen LogP) is 4.05. The van der Waals surface area contributed by atoms with Crippen molar-refractivity contribution in [2.45, 2.75) is 20.0 Å². The molecule has 5 rings (SSSR count). The van der Waals surface area contributed by atoms with Gasteiger partial charge in [-0.15, -0.1) is 5.10 Å². The van der Waals surface area contributed by atoms with E-state index in [1.165, 1.54) is 29.2 Å². The molecule has 0 radical (unpaired) electrons. The van der Waals surface area contributed by atoms with E-state index in [4.69, 9.17) is 13.6 Å². The van der Waals surface area contributed by atoms with Gasteiger partial charge in [0.2, 0.25) is 0 Å². The van der Waals surface area contributed by atoms with E-state index in [2.05, 4.69) is 15.5 Å². The first-order valence-electron chi connectivity index (χ1n) is 11.1. The standard InChI is InChI=1S/C26H20N4O6/c1-2-16-11-20-18(12-24(32)36-23(20)14-22(16)31)15-35-26(33)21(13-19-9-6-10-34-19)30-25(27-28-29-30)17-7-4-3-5-8-17/h3-14,31H,2,15H2,1H3. The summed E-state index contributed by atoms with van der Waals surface area (Å²) in [5.41, 5.74) is 1.37. The largest absolute Gasteiger partial charge is 0.508 e. The zero-order valence-corrected chi connectivity index (χ0v) is 19.1. The zero-order valence-electron chi connectivity index (χ0n) is 19.1. The lowest BCUT2D eigenvalue weighted by molar-refractivity contribution is -0.138. The number of ether oxygens (including phenoxy) is 1. The summed E-state index contributed by atoms with van der Waals surface area (Å²) in [5, 5.41) is 22.5. The first kappa shape index (κ1) is 22.8. The van der Waals surface area contributed by atoms with Crippen molar-refractivity contribution in [2.75, 3.05) is 0 Å². The molecule has 0 unspecified atom stereocenters. The molecule has 0 aliphatic carbocycles. The number of rotatable bonds is 7. The van der Waals surface area contributed by atoms with Gasteiger partial charge in [-0.05, 0) is 40.6 Å². The van der Waals surface area contributed by atoms with Gasteiger partial charge in [0.25, 0.3) is 0 Å². The van der Waals surface area contributed by atoms with E-state index < -0.39 is 11.6 Å². The minimum absolute atomic E-state index is 0.00738. The highest BCUT2D eigenvalue weighted by molar-refractivity contribution is 6.15. The molecule has 1 N–H and O–H groups in total. The molecule has 2 aromatic carbocycles. The van der Waals surface area contributed by atoms with E-state index in [1.807, 2.05) is 37.3 Å². The molecule has 36 heavy (non-hydrogen) atoms. The average Bonchev–Trinajstić information content (AvgIpc) is 3.58. The maximum Gasteiger partial charge on any atom is 0.357 e. The first-order chi connectivity index (χ1) is 17.5. The second-order valence-electron chi connectivity index (χ2n) is 7.82. The Morgan fingerprint density at radius 2 is 1.94 bits per heavy atom. The first-order valence-corrected chi connectivity index (χ1v) is 11.1. The van der Waals surface area contributed by atoms with Gasteiger partial charge in [-0.2, -0.15) is 4.68 Å². The molecule has 0 aliphatic heterocycles. The van der Waals surface area contributed by atoms with Crippen LogP contribution >= 0.6 is 0 Å². The number of hydrogen-bond acceptors (Lipinski definition) is 9. The number of aromatic nitrogens is 4. The van der Waals surface area contributed by atoms with Gasteiger partial charge < -0.3 is 18.7 Å². The summed E-state index contributed by atoms with van der Waals surface area (Å²) >= 11 is 0. The molecule has 0 fully saturated rings. The van der Waals surface area contributed by atoms with E-state index in [0.29, 0.717) is 40.1 Å². The molecule has 3 heterocycles. The van der Waals surface area contributed by atoms with Crippen molar-refractivity contribution < 1.29 is 23.5 Å². The molecule has 0 amide bonds. The van der Waals surface area contributed by atoms with Gasteiger partial charge in [0, 0.05) is 34.7 Å². The molecule has 180 valence electrons. The number of furan rings is 1. The number of esters is 1. The Kier molecular flexibility index (Phi) is 6.14. The third kappa shape index (κ3) is 4.51. The number of carbonyl (C=O) groups is 1. The van der Waals surface area contributed by atoms with Gasteiger partial charge in [0.1, 0.15) is 23.7 Å². The highest BCUT2D eigenvalue weighted by atomic mass is 16.5. The number of hydrogen-bond donors (Lipinski definition) is 1. The number of tetrazole rings is 1. The van der Waals surface area contributed by atoms with Crippen LogP contribution in [0.4, 0.5) is 0 Å². The Morgan fingerprint density at radius 1 is 1.11 bits per heavy atom. The average molecular weight is 484 g/mol. The van der Waals surface area contributed by atoms with Gasteiger partial charge in [-0.25, -0.2) is 9.59 Å². The summed E-state index contributed by atoms with van der Waals surface area (Å²) in [5.74, 6) is 0.00871. The van der Waals surface area contributed by atoms with Crippen molar-refractivity contribution in [1.29, 1.82) is 0 Å². The van der Waals surface area contributed by atoms with Crippen molar-refractivity contribution in [3.05, 3.63) is 94.2 Å². The van der Waals surface area contributed by atoms with E-state index >= 15 is 0 Å². The second-order valence-corrected chi connectivity index (χ2v) is 7.82. The number of benzene rings is 2. The van der Waals surface area contributed by atoms with Crippen LogP contribution in [-0.4, -0.2) is 31.3 Å². The van der Waals surface area contributed by atoms with Gasteiger partial charge >= 0.3 is 11.6 Å². The lowest BCUT2D eigenvalue weighted by Gasteiger charge is -2.11. The molecule has 3 aromatic heterocycles. The van der Waals surface area contributed by atoms with Crippen LogP contribution in [0.5, 0.6) is 5.75 Å². The Hall–Kier alpha value is -4.99. The molecule has 5 aromatic rings. The second kappa shape index (κ2) is 9.71. The van der Waals surface area contributed by atoms with Crippen LogP contribution < -0.4 is 5.63 Å². The van der Waals surface area contributed by atoms with E-state index in [9.17, 15) is 14.7 Å². The number of aryl methyl sites for hydroxylation is 1. The predicted molar refractivity (Wildman–Crippen MR) is 129 cm³/mol. The fraction of sp³-hybridized carbons (Fsp3) is 0.115. The summed E-state index contributed by atoms with van der Waals surface area (Å²) in [4.78, 5) is 25.4. The molecule has 0 spiro atoms. The third-order valence-electron chi connectivity index (χ3n) is 5.53. The van der Waals surface area contributed by atoms with Gasteiger partial charge in [-0.3, -0.25) is 0 Å². The maximum absolute atomic E-state index is 13.3. The molecule has 10 heteroatoms. The van der Waals surface area contributed by atoms with Crippen molar-refractivity contribution in [2.24, 2.45) is 0 Å². The Bertz CT molecular complexity index is 1620. The molecule has 0 aliphatic rings. The molecule has 0 atom stereocenters. The minimum atomic E-state index is -0.744. The van der Waals surface area contributed by atoms with E-state index in [-0.39, 0.29) is 23.6 Å². The van der Waals surface area contributed by atoms with Crippen LogP contribution in [0.15, 0.2) is 80.6 Å². The van der Waals surface area contributed by atoms with Crippen LogP contribution in [0, 0.1) is 0 Å². The lowest BCUT2D eigenvalue weighted by atomic mass is 10.0. The fourth-order valence-corrected chi connectivity index (χ4v) is 3.76. The van der Waals surface area contributed by atoms with Crippen LogP contribution in [0.2, 0.25) is 0 Å². The Labute approximate surface area is 204 Å². The topological polar surface area (TPSA) is 133 Å². The van der Waals surface area contributed by atoms with Crippen molar-refractivity contribution in [1.82, 2.24) is 20.2 Å². The minimum Gasteiger partial charge on any atom is -0.508 e. The number of aromatic hydroxyl groups is 1. The number of phenolic OH excluding ortho intramolecular Hbond substituents is 1. The molecule has 0 saturated carbocycles. The molecule has 0 saturated heterocycles. The Morgan fingerprint density at radius 3 is 2.69 bits per heavy atom. The van der Waals surface area contributed by atoms with Gasteiger partial charge in [0.05, 0.1) is 6.26 Å². The summed E-state index contributed by atoms with van der Waals surface area (Å²) in [6, 6.07) is 16.9. The lowest BCUT2D eigenvalue weighted by Crippen LogP contribution is -2.15. The normalized spacial score (nSPS) is 11.6. The van der Waals surface area contributed by atoms with Crippen molar-refractivity contribution in [3.63, 3.8) is 0 Å². The summed E-state index contributed by atoms with van der Waals surface area (Å²) in [7, 11) is 0. The summed E-state index contributed by atoms with van der Waals surface area (Å²) < 4.78 is 17.5. The molecular formula is C26H20N4O6. The van der Waals surface area contributed by atoms with Crippen molar-refractivity contribution in [3.8, 4) is 17.1 Å². The van der Waals surface area contributed by atoms with E-state index in [0.717, 1.165) is 0 Å². The quantitative estimate of drug-likeness (QED) is 0.206. The highest BCUT2D eigenvalue weighted by Gasteiger charge is 2.22. The fourth-order valence-electron chi connectivity index (χ4n) is 3.76. The maximum atomic E-state index is 13.3. The molecule has 0 bridgehead atoms. The molecular weight excluding hydrogens is 464 g/mol. The SMILES string of the molecule is CCc1cc2c(COC(=O)C(=Cc3ccco3)n3nnnc3-c3ccccc3)cc(=O)oc2cc1O. The van der Waals surface area contributed by atoms with Gasteiger partial charge in [0.15, 0.2) is 11.5 Å². The van der Waals surface area contributed by atoms with E-state index in [1.54, 1.807) is 18.2 Å². The van der Waals surface area contributed by atoms with Crippen LogP contribution in [0.25, 0.3) is 34.1 Å². The van der Waals surface area contributed by atoms with Crippen molar-refractivity contribution >= 4 is 28.7 Å². The Balaban J connectivity index is 1.51. The number of phenols is 1. The zero-order chi connectivity index (χ0) is 25.1. The van der Waals surface area contributed by atoms with Crippen LogP contribution in [0.1, 0.15) is 23.8 Å². The van der Waals surface area contributed by atoms with Crippen LogP contribution in [-0.2, 0) is 22.6 Å². The van der Waals surface area contributed by atoms with Gasteiger partial charge in [-0.1, -0.05) is 37.3 Å². The summed E-state index contributed by atoms with van der Waals surface area (Å²) in [6.45, 7) is 1.66. The number of fused-ring (bicyclic) bond motifs is 1. The molecule has 10 nitrogen and oxygen atoms in total. The monoisotopic (exact) mass is 484 g/mol. The number of carbonyl (C=O) groups excluding carboxylic acids is 1. The number of nitrogens with zero attached hydrogens (tertiary/aromatic N) is 4. The summed E-state index contributed by atoms with van der Waals surface area (Å²) in [6.07, 6.45) is 3.51. The third-order valence-corrected chi connectivity index (χ3v) is 5.53. The smallest absolute Gasteiger partial charge is 0.357 e. The van der Waals surface area contributed by atoms with Crippen LogP contribution in [0.3, 0.4) is 0 Å². The highest BCUT2D eigenvalue weighted by Crippen LogP contribution is 2.28.